The summed E-state index contributed by atoms with van der Waals surface area (Å²) in [5, 5.41) is 1.35. The van der Waals surface area contributed by atoms with Crippen LogP contribution in [0.2, 0.25) is 0 Å². The normalized spacial score (nSPS) is 15.8. The highest BCUT2D eigenvalue weighted by Crippen LogP contribution is 2.32. The Morgan fingerprint density at radius 2 is 1.68 bits per heavy atom. The van der Waals surface area contributed by atoms with Gasteiger partial charge < -0.3 is 0 Å². The lowest BCUT2D eigenvalue weighted by atomic mass is 9.99. The number of hydrogen-bond donors (Lipinski definition) is 0. The third-order valence-corrected chi connectivity index (χ3v) is 5.28. The average Bonchev–Trinajstić information content (AvgIpc) is 2.51. The second-order valence-electron chi connectivity index (χ2n) is 5.86. The van der Waals surface area contributed by atoms with E-state index in [4.69, 9.17) is 4.28 Å². The molecule has 8 heteroatoms. The van der Waals surface area contributed by atoms with E-state index in [2.05, 4.69) is 0 Å². The van der Waals surface area contributed by atoms with E-state index in [0.29, 0.717) is 24.2 Å². The standard InChI is InChI=1S/C17H16F3NO3S/c1-12-3-8-15(25(22,23)24-21-9-2-10-21)11-16(12)13-4-6-14(7-5-13)17(18,19)20/h3-8,11H,2,9-10H2,1H3. The lowest BCUT2D eigenvalue weighted by molar-refractivity contribution is -0.137. The van der Waals surface area contributed by atoms with E-state index < -0.39 is 21.9 Å². The minimum atomic E-state index is -4.41. The molecule has 1 saturated heterocycles. The van der Waals surface area contributed by atoms with Crippen LogP contribution in [0, 0.1) is 6.92 Å². The molecule has 0 aromatic heterocycles. The molecule has 2 aromatic rings. The van der Waals surface area contributed by atoms with Gasteiger partial charge in [-0.15, -0.1) is 0 Å². The van der Waals surface area contributed by atoms with Gasteiger partial charge in [0.05, 0.1) is 10.5 Å². The first-order chi connectivity index (χ1) is 11.7. The van der Waals surface area contributed by atoms with E-state index in [1.54, 1.807) is 13.0 Å². The van der Waals surface area contributed by atoms with Gasteiger partial charge in [0, 0.05) is 13.1 Å². The number of rotatable bonds is 4. The number of hydrogen-bond acceptors (Lipinski definition) is 4. The van der Waals surface area contributed by atoms with E-state index in [1.165, 1.54) is 29.3 Å². The largest absolute Gasteiger partial charge is 0.416 e. The summed E-state index contributed by atoms with van der Waals surface area (Å²) in [5.41, 5.74) is 1.05. The monoisotopic (exact) mass is 371 g/mol. The number of aryl methyl sites for hydroxylation is 1. The molecule has 0 amide bonds. The van der Waals surface area contributed by atoms with Gasteiger partial charge in [0.25, 0.3) is 0 Å². The number of hydroxylamine groups is 2. The Bertz CT molecular complexity index is 873. The van der Waals surface area contributed by atoms with Crippen molar-refractivity contribution >= 4 is 10.1 Å². The van der Waals surface area contributed by atoms with Crippen LogP contribution in [0.1, 0.15) is 17.5 Å². The summed E-state index contributed by atoms with van der Waals surface area (Å²) in [7, 11) is -3.95. The van der Waals surface area contributed by atoms with Crippen LogP contribution >= 0.6 is 0 Å². The molecule has 25 heavy (non-hydrogen) atoms. The summed E-state index contributed by atoms with van der Waals surface area (Å²) in [6.07, 6.45) is -3.54. The number of halogens is 3. The van der Waals surface area contributed by atoms with Gasteiger partial charge in [0.15, 0.2) is 0 Å². The summed E-state index contributed by atoms with van der Waals surface area (Å²) in [6, 6.07) is 9.08. The third-order valence-electron chi connectivity index (χ3n) is 4.04. The maximum Gasteiger partial charge on any atom is 0.416 e. The number of benzene rings is 2. The van der Waals surface area contributed by atoms with Crippen LogP contribution in [0.5, 0.6) is 0 Å². The van der Waals surface area contributed by atoms with Crippen molar-refractivity contribution in [2.24, 2.45) is 0 Å². The van der Waals surface area contributed by atoms with Crippen LogP contribution in [-0.2, 0) is 20.6 Å². The van der Waals surface area contributed by atoms with Gasteiger partial charge in [-0.1, -0.05) is 18.2 Å². The van der Waals surface area contributed by atoms with E-state index >= 15 is 0 Å². The zero-order valence-corrected chi connectivity index (χ0v) is 14.2. The number of alkyl halides is 3. The second-order valence-corrected chi connectivity index (χ2v) is 7.39. The molecule has 1 aliphatic rings. The Morgan fingerprint density at radius 1 is 1.04 bits per heavy atom. The molecule has 3 rings (SSSR count). The molecule has 0 bridgehead atoms. The molecule has 0 spiro atoms. The SMILES string of the molecule is Cc1ccc(S(=O)(=O)ON2CCC2)cc1-c1ccc(C(F)(F)F)cc1. The van der Waals surface area contributed by atoms with Crippen molar-refractivity contribution in [2.75, 3.05) is 13.1 Å². The Balaban J connectivity index is 1.94. The van der Waals surface area contributed by atoms with Crippen LogP contribution in [0.25, 0.3) is 11.1 Å². The van der Waals surface area contributed by atoms with E-state index in [0.717, 1.165) is 24.1 Å². The Morgan fingerprint density at radius 3 is 2.20 bits per heavy atom. The second kappa shape index (κ2) is 6.44. The fraction of sp³-hybridized carbons (Fsp3) is 0.294. The Hall–Kier alpha value is -1.90. The van der Waals surface area contributed by atoms with E-state index in [-0.39, 0.29) is 4.90 Å². The Labute approximate surface area is 143 Å². The lowest BCUT2D eigenvalue weighted by Crippen LogP contribution is -2.38. The van der Waals surface area contributed by atoms with Crippen molar-refractivity contribution in [3.05, 3.63) is 53.6 Å². The first kappa shape index (κ1) is 17.9. The molecule has 1 aliphatic heterocycles. The molecule has 0 radical (unpaired) electrons. The zero-order chi connectivity index (χ0) is 18.2. The average molecular weight is 371 g/mol. The molecule has 0 unspecified atom stereocenters. The predicted molar refractivity (Wildman–Crippen MR) is 86.1 cm³/mol. The highest BCUT2D eigenvalue weighted by atomic mass is 32.2. The predicted octanol–water partition coefficient (Wildman–Crippen LogP) is 4.01. The van der Waals surface area contributed by atoms with Crippen molar-refractivity contribution in [3.63, 3.8) is 0 Å². The van der Waals surface area contributed by atoms with E-state index in [9.17, 15) is 21.6 Å². The summed E-state index contributed by atoms with van der Waals surface area (Å²) in [5.74, 6) is 0. The lowest BCUT2D eigenvalue weighted by Gasteiger charge is -2.28. The van der Waals surface area contributed by atoms with Crippen molar-refractivity contribution in [1.29, 1.82) is 0 Å². The summed E-state index contributed by atoms with van der Waals surface area (Å²) in [4.78, 5) is -0.0279. The molecular weight excluding hydrogens is 355 g/mol. The quantitative estimate of drug-likeness (QED) is 0.815. The molecule has 0 N–H and O–H groups in total. The van der Waals surface area contributed by atoms with Gasteiger partial charge in [-0.3, -0.25) is 0 Å². The van der Waals surface area contributed by atoms with Gasteiger partial charge in [0.2, 0.25) is 0 Å². The van der Waals surface area contributed by atoms with Gasteiger partial charge in [-0.2, -0.15) is 30.9 Å². The summed E-state index contributed by atoms with van der Waals surface area (Å²) >= 11 is 0. The third kappa shape index (κ3) is 3.86. The molecule has 4 nitrogen and oxygen atoms in total. The van der Waals surface area contributed by atoms with Gasteiger partial charge in [0.1, 0.15) is 0 Å². The van der Waals surface area contributed by atoms with Crippen LogP contribution in [-0.4, -0.2) is 26.6 Å². The van der Waals surface area contributed by atoms with Gasteiger partial charge in [-0.05, 0) is 54.3 Å². The highest BCUT2D eigenvalue weighted by Gasteiger charge is 2.30. The van der Waals surface area contributed by atoms with Crippen LogP contribution in [0.3, 0.4) is 0 Å². The maximum atomic E-state index is 12.7. The van der Waals surface area contributed by atoms with Crippen LogP contribution < -0.4 is 0 Å². The fourth-order valence-corrected chi connectivity index (χ4v) is 3.46. The summed E-state index contributed by atoms with van der Waals surface area (Å²) < 4.78 is 67.7. The fourth-order valence-electron chi connectivity index (χ4n) is 2.45. The van der Waals surface area contributed by atoms with Gasteiger partial charge in [-0.25, -0.2) is 0 Å². The van der Waals surface area contributed by atoms with Crippen molar-refractivity contribution in [2.45, 2.75) is 24.4 Å². The minimum Gasteiger partial charge on any atom is -0.192 e. The maximum absolute atomic E-state index is 12.7. The smallest absolute Gasteiger partial charge is 0.192 e. The first-order valence-electron chi connectivity index (χ1n) is 7.65. The molecule has 0 aliphatic carbocycles. The van der Waals surface area contributed by atoms with Crippen LogP contribution in [0.4, 0.5) is 13.2 Å². The van der Waals surface area contributed by atoms with Gasteiger partial charge >= 0.3 is 16.3 Å². The topological polar surface area (TPSA) is 46.6 Å². The van der Waals surface area contributed by atoms with Crippen LogP contribution in [0.15, 0.2) is 47.4 Å². The zero-order valence-electron chi connectivity index (χ0n) is 13.4. The van der Waals surface area contributed by atoms with Crippen molar-refractivity contribution in [1.82, 2.24) is 5.06 Å². The molecule has 0 atom stereocenters. The van der Waals surface area contributed by atoms with Crippen molar-refractivity contribution < 1.29 is 25.9 Å². The molecule has 0 saturated carbocycles. The molecule has 1 heterocycles. The Kier molecular flexibility index (Phi) is 4.61. The molecule has 2 aromatic carbocycles. The first-order valence-corrected chi connectivity index (χ1v) is 9.05. The molecular formula is C17H16F3NO3S. The molecule has 134 valence electrons. The highest BCUT2D eigenvalue weighted by molar-refractivity contribution is 7.86. The molecule has 1 fully saturated rings. The van der Waals surface area contributed by atoms with Crippen molar-refractivity contribution in [3.8, 4) is 11.1 Å². The minimum absolute atomic E-state index is 0.0279. The summed E-state index contributed by atoms with van der Waals surface area (Å²) in [6.45, 7) is 2.87. The van der Waals surface area contributed by atoms with E-state index in [1.807, 2.05) is 0 Å². The number of nitrogens with zero attached hydrogens (tertiary/aromatic N) is 1.